The first kappa shape index (κ1) is 12.0. The van der Waals surface area contributed by atoms with Crippen molar-refractivity contribution in [3.63, 3.8) is 0 Å². The Balaban J connectivity index is 2.39. The number of aromatic hydroxyl groups is 1. The molecule has 0 spiro atoms. The van der Waals surface area contributed by atoms with E-state index in [2.05, 4.69) is 4.74 Å². The average Bonchev–Trinajstić information content (AvgIpc) is 2.63. The Morgan fingerprint density at radius 2 is 2.06 bits per heavy atom. The van der Waals surface area contributed by atoms with E-state index in [9.17, 15) is 14.7 Å². The third kappa shape index (κ3) is 2.27. The summed E-state index contributed by atoms with van der Waals surface area (Å²) in [5.41, 5.74) is 0.470. The van der Waals surface area contributed by atoms with Crippen LogP contribution in [0.25, 0.3) is 5.69 Å². The number of esters is 1. The number of para-hydroxylation sites is 1. The Bertz CT molecular complexity index is 611. The van der Waals surface area contributed by atoms with Crippen LogP contribution < -0.4 is 5.76 Å². The van der Waals surface area contributed by atoms with Crippen molar-refractivity contribution in [3.05, 3.63) is 46.6 Å². The molecule has 0 amide bonds. The zero-order valence-electron chi connectivity index (χ0n) is 9.62. The van der Waals surface area contributed by atoms with Crippen molar-refractivity contribution in [2.45, 2.75) is 13.5 Å². The molecule has 0 radical (unpaired) electrons. The van der Waals surface area contributed by atoms with Gasteiger partial charge in [-0.2, -0.15) is 0 Å². The minimum Gasteiger partial charge on any atom is -0.492 e. The molecule has 0 bridgehead atoms. The molecule has 0 aliphatic carbocycles. The maximum atomic E-state index is 11.6. The predicted molar refractivity (Wildman–Crippen MR) is 61.4 cm³/mol. The first-order valence-electron chi connectivity index (χ1n) is 5.22. The fourth-order valence-electron chi connectivity index (χ4n) is 1.47. The lowest BCUT2D eigenvalue weighted by molar-refractivity contribution is -0.142. The van der Waals surface area contributed by atoms with Crippen molar-refractivity contribution in [2.75, 3.05) is 0 Å². The first-order chi connectivity index (χ1) is 8.59. The van der Waals surface area contributed by atoms with Crippen LogP contribution in [0.1, 0.15) is 12.7 Å². The molecule has 2 rings (SSSR count). The number of hydrogen-bond donors (Lipinski definition) is 1. The zero-order valence-corrected chi connectivity index (χ0v) is 9.62. The van der Waals surface area contributed by atoms with E-state index in [1.54, 1.807) is 30.3 Å². The van der Waals surface area contributed by atoms with Gasteiger partial charge < -0.3 is 14.3 Å². The van der Waals surface area contributed by atoms with Crippen LogP contribution in [-0.4, -0.2) is 15.6 Å². The van der Waals surface area contributed by atoms with Gasteiger partial charge in [-0.25, -0.2) is 9.36 Å². The number of carbonyl (C=O) groups excluding carboxylic acids is 1. The summed E-state index contributed by atoms with van der Waals surface area (Å²) in [5, 5.41) is 9.85. The van der Waals surface area contributed by atoms with Gasteiger partial charge in [-0.3, -0.25) is 4.79 Å². The van der Waals surface area contributed by atoms with Crippen LogP contribution in [0, 0.1) is 0 Å². The second-order valence-electron chi connectivity index (χ2n) is 3.57. The Kier molecular flexibility index (Phi) is 3.18. The SMILES string of the molecule is CC(=O)OCc1oc(=O)n(-c2ccccc2)c1O. The minimum atomic E-state index is -0.735. The molecule has 18 heavy (non-hydrogen) atoms. The molecular weight excluding hydrogens is 238 g/mol. The summed E-state index contributed by atoms with van der Waals surface area (Å²) in [4.78, 5) is 22.3. The number of benzene rings is 1. The molecule has 0 atom stereocenters. The molecule has 2 aromatic rings. The van der Waals surface area contributed by atoms with Crippen LogP contribution in [0.3, 0.4) is 0 Å². The summed E-state index contributed by atoms with van der Waals surface area (Å²) in [6.45, 7) is 0.944. The number of rotatable bonds is 3. The Hall–Kier alpha value is -2.50. The van der Waals surface area contributed by atoms with Crippen molar-refractivity contribution in [3.8, 4) is 11.6 Å². The summed E-state index contributed by atoms with van der Waals surface area (Å²) in [6, 6.07) is 8.52. The van der Waals surface area contributed by atoms with E-state index in [0.29, 0.717) is 5.69 Å². The maximum Gasteiger partial charge on any atom is 0.426 e. The number of oxazole rings is 1. The lowest BCUT2D eigenvalue weighted by Gasteiger charge is -2.01. The number of aromatic nitrogens is 1. The second kappa shape index (κ2) is 4.79. The molecule has 6 nitrogen and oxygen atoms in total. The van der Waals surface area contributed by atoms with Gasteiger partial charge in [-0.15, -0.1) is 0 Å². The number of ether oxygens (including phenoxy) is 1. The van der Waals surface area contributed by atoms with E-state index in [1.807, 2.05) is 0 Å². The van der Waals surface area contributed by atoms with E-state index >= 15 is 0 Å². The van der Waals surface area contributed by atoms with Gasteiger partial charge in [0, 0.05) is 6.92 Å². The van der Waals surface area contributed by atoms with Gasteiger partial charge >= 0.3 is 11.7 Å². The molecule has 94 valence electrons. The molecule has 6 heteroatoms. The topological polar surface area (TPSA) is 81.7 Å². The fourth-order valence-corrected chi connectivity index (χ4v) is 1.47. The monoisotopic (exact) mass is 249 g/mol. The van der Waals surface area contributed by atoms with Crippen molar-refractivity contribution in [2.24, 2.45) is 0 Å². The van der Waals surface area contributed by atoms with Gasteiger partial charge in [-0.1, -0.05) is 18.2 Å². The molecule has 0 saturated carbocycles. The molecule has 1 N–H and O–H groups in total. The molecule has 0 aliphatic heterocycles. The molecule has 1 heterocycles. The Morgan fingerprint density at radius 1 is 1.39 bits per heavy atom. The lowest BCUT2D eigenvalue weighted by atomic mass is 10.3. The predicted octanol–water partition coefficient (Wildman–Crippen LogP) is 1.20. The zero-order chi connectivity index (χ0) is 13.1. The average molecular weight is 249 g/mol. The molecule has 0 saturated heterocycles. The quantitative estimate of drug-likeness (QED) is 0.826. The Morgan fingerprint density at radius 3 is 2.67 bits per heavy atom. The smallest absolute Gasteiger partial charge is 0.426 e. The molecule has 0 unspecified atom stereocenters. The maximum absolute atomic E-state index is 11.6. The van der Waals surface area contributed by atoms with E-state index in [4.69, 9.17) is 4.42 Å². The molecule has 0 fully saturated rings. The van der Waals surface area contributed by atoms with E-state index in [0.717, 1.165) is 4.57 Å². The highest BCUT2D eigenvalue weighted by Crippen LogP contribution is 2.20. The van der Waals surface area contributed by atoms with Gasteiger partial charge in [0.1, 0.15) is 0 Å². The van der Waals surface area contributed by atoms with Crippen LogP contribution in [0.2, 0.25) is 0 Å². The largest absolute Gasteiger partial charge is 0.492 e. The number of nitrogens with zero attached hydrogens (tertiary/aromatic N) is 1. The van der Waals surface area contributed by atoms with Gasteiger partial charge in [0.15, 0.2) is 6.61 Å². The minimum absolute atomic E-state index is 0.0842. The van der Waals surface area contributed by atoms with Gasteiger partial charge in [-0.05, 0) is 12.1 Å². The van der Waals surface area contributed by atoms with Crippen molar-refractivity contribution in [1.82, 2.24) is 4.57 Å². The second-order valence-corrected chi connectivity index (χ2v) is 3.57. The van der Waals surface area contributed by atoms with Crippen LogP contribution >= 0.6 is 0 Å². The third-order valence-corrected chi connectivity index (χ3v) is 2.28. The van der Waals surface area contributed by atoms with E-state index < -0.39 is 11.7 Å². The van der Waals surface area contributed by atoms with Gasteiger partial charge in [0.2, 0.25) is 11.6 Å². The summed E-state index contributed by atoms with van der Waals surface area (Å²) < 4.78 is 10.5. The highest BCUT2D eigenvalue weighted by molar-refractivity contribution is 5.65. The molecular formula is C12H11NO5. The third-order valence-electron chi connectivity index (χ3n) is 2.28. The van der Waals surface area contributed by atoms with Crippen LogP contribution in [0.5, 0.6) is 5.88 Å². The standard InChI is InChI=1S/C12H11NO5/c1-8(14)17-7-10-11(15)13(12(16)18-10)9-5-3-2-4-6-9/h2-6,15H,7H2,1H3. The van der Waals surface area contributed by atoms with Crippen LogP contribution in [0.4, 0.5) is 0 Å². The van der Waals surface area contributed by atoms with Gasteiger partial charge in [0.25, 0.3) is 0 Å². The molecule has 1 aromatic carbocycles. The summed E-state index contributed by atoms with van der Waals surface area (Å²) >= 11 is 0. The van der Waals surface area contributed by atoms with Crippen molar-refractivity contribution >= 4 is 5.97 Å². The van der Waals surface area contributed by atoms with Crippen LogP contribution in [-0.2, 0) is 16.1 Å². The highest BCUT2D eigenvalue weighted by Gasteiger charge is 2.17. The van der Waals surface area contributed by atoms with Gasteiger partial charge in [0.05, 0.1) is 5.69 Å². The summed E-state index contributed by atoms with van der Waals surface area (Å²) in [6.07, 6.45) is 0. The summed E-state index contributed by atoms with van der Waals surface area (Å²) in [7, 11) is 0. The van der Waals surface area contributed by atoms with Crippen LogP contribution in [0.15, 0.2) is 39.5 Å². The fraction of sp³-hybridized carbons (Fsp3) is 0.167. The normalized spacial score (nSPS) is 10.3. The number of hydrogen-bond acceptors (Lipinski definition) is 5. The highest BCUT2D eigenvalue weighted by atomic mass is 16.5. The van der Waals surface area contributed by atoms with Crippen molar-refractivity contribution < 1.29 is 19.1 Å². The van der Waals surface area contributed by atoms with E-state index in [-0.39, 0.29) is 18.2 Å². The Labute approximate surface area is 102 Å². The molecule has 1 aromatic heterocycles. The first-order valence-corrected chi connectivity index (χ1v) is 5.22. The van der Waals surface area contributed by atoms with E-state index in [1.165, 1.54) is 6.92 Å². The lowest BCUT2D eigenvalue weighted by Crippen LogP contribution is -2.10. The van der Waals surface area contributed by atoms with Crippen molar-refractivity contribution in [1.29, 1.82) is 0 Å². The summed E-state index contributed by atoms with van der Waals surface area (Å²) in [5.74, 6) is -1.71. The molecule has 0 aliphatic rings. The number of carbonyl (C=O) groups is 1.